The van der Waals surface area contributed by atoms with E-state index in [1.165, 1.54) is 16.8 Å². The Hall–Kier alpha value is -1.45. The Morgan fingerprint density at radius 1 is 1.45 bits per heavy atom. The van der Waals surface area contributed by atoms with Crippen LogP contribution >= 0.6 is 43.5 Å². The van der Waals surface area contributed by atoms with Crippen LogP contribution in [0.25, 0.3) is 0 Å². The predicted octanol–water partition coefficient (Wildman–Crippen LogP) is 4.24. The van der Waals surface area contributed by atoms with Gasteiger partial charge in [-0.25, -0.2) is 0 Å². The minimum Gasteiger partial charge on any atom is -0.319 e. The molecule has 1 aromatic heterocycles. The molecule has 0 unspecified atom stereocenters. The molecule has 0 spiro atoms. The van der Waals surface area contributed by atoms with Crippen LogP contribution in [0.4, 0.5) is 11.4 Å². The van der Waals surface area contributed by atoms with Crippen molar-refractivity contribution < 1.29 is 9.72 Å². The lowest BCUT2D eigenvalue weighted by molar-refractivity contribution is -0.385. The molecule has 0 fully saturated rings. The van der Waals surface area contributed by atoms with Gasteiger partial charge in [-0.15, -0.1) is 0 Å². The molecule has 116 valence electrons. The number of carbonyl (C=O) groups excluding carboxylic acids is 1. The highest BCUT2D eigenvalue weighted by Crippen LogP contribution is 2.35. The Morgan fingerprint density at radius 3 is 2.50 bits per heavy atom. The maximum absolute atomic E-state index is 12.2. The zero-order valence-electron chi connectivity index (χ0n) is 11.1. The van der Waals surface area contributed by atoms with E-state index in [0.717, 1.165) is 0 Å². The van der Waals surface area contributed by atoms with Crippen molar-refractivity contribution in [1.82, 2.24) is 9.78 Å². The van der Waals surface area contributed by atoms with Crippen molar-refractivity contribution in [3.63, 3.8) is 0 Å². The third-order valence-corrected chi connectivity index (χ3v) is 4.26. The van der Waals surface area contributed by atoms with Gasteiger partial charge in [-0.3, -0.25) is 19.6 Å². The zero-order valence-corrected chi connectivity index (χ0v) is 15.1. The number of amides is 1. The summed E-state index contributed by atoms with van der Waals surface area (Å²) in [5, 5.41) is 17.7. The number of aromatic nitrogens is 2. The van der Waals surface area contributed by atoms with Crippen molar-refractivity contribution in [2.24, 2.45) is 0 Å². The van der Waals surface area contributed by atoms with E-state index in [9.17, 15) is 14.9 Å². The monoisotopic (exact) mass is 450 g/mol. The number of nitro groups is 1. The van der Waals surface area contributed by atoms with Gasteiger partial charge in [0, 0.05) is 33.8 Å². The first-order chi connectivity index (χ1) is 10.3. The summed E-state index contributed by atoms with van der Waals surface area (Å²) in [6.45, 7) is 2.45. The van der Waals surface area contributed by atoms with E-state index < -0.39 is 10.8 Å². The SMILES string of the molecule is CCn1cc(Cl)c(C(=O)Nc2c(Br)cc([N+](=O)[O-])cc2Br)n1. The molecule has 0 aliphatic heterocycles. The van der Waals surface area contributed by atoms with Gasteiger partial charge in [0.2, 0.25) is 0 Å². The highest BCUT2D eigenvalue weighted by Gasteiger charge is 2.20. The van der Waals surface area contributed by atoms with E-state index in [1.54, 1.807) is 6.20 Å². The van der Waals surface area contributed by atoms with E-state index in [1.807, 2.05) is 6.92 Å². The third-order valence-electron chi connectivity index (χ3n) is 2.73. The molecule has 10 heteroatoms. The molecule has 7 nitrogen and oxygen atoms in total. The molecule has 22 heavy (non-hydrogen) atoms. The second-order valence-corrected chi connectivity index (χ2v) is 6.29. The van der Waals surface area contributed by atoms with E-state index >= 15 is 0 Å². The normalized spacial score (nSPS) is 10.5. The smallest absolute Gasteiger partial charge is 0.277 e. The van der Waals surface area contributed by atoms with Crippen LogP contribution < -0.4 is 5.32 Å². The van der Waals surface area contributed by atoms with Gasteiger partial charge >= 0.3 is 0 Å². The van der Waals surface area contributed by atoms with Crippen molar-refractivity contribution in [1.29, 1.82) is 0 Å². The summed E-state index contributed by atoms with van der Waals surface area (Å²) in [5.74, 6) is -0.507. The fourth-order valence-electron chi connectivity index (χ4n) is 1.67. The first-order valence-corrected chi connectivity index (χ1v) is 7.97. The number of aryl methyl sites for hydroxylation is 1. The second-order valence-electron chi connectivity index (χ2n) is 4.18. The molecule has 2 aromatic rings. The molecule has 0 bridgehead atoms. The Labute approximate surface area is 147 Å². The Balaban J connectivity index is 2.32. The number of benzene rings is 1. The van der Waals surface area contributed by atoms with Gasteiger partial charge in [-0.2, -0.15) is 5.10 Å². The van der Waals surface area contributed by atoms with Gasteiger partial charge in [0.15, 0.2) is 5.69 Å². The summed E-state index contributed by atoms with van der Waals surface area (Å²) in [4.78, 5) is 22.5. The van der Waals surface area contributed by atoms with Gasteiger partial charge in [-0.05, 0) is 38.8 Å². The van der Waals surface area contributed by atoms with Crippen LogP contribution in [0.15, 0.2) is 27.3 Å². The van der Waals surface area contributed by atoms with E-state index in [4.69, 9.17) is 11.6 Å². The summed E-state index contributed by atoms with van der Waals surface area (Å²) in [6, 6.07) is 2.60. The fraction of sp³-hybridized carbons (Fsp3) is 0.167. The molecule has 2 rings (SSSR count). The van der Waals surface area contributed by atoms with Crippen molar-refractivity contribution in [3.8, 4) is 0 Å². The molecule has 0 saturated carbocycles. The zero-order chi connectivity index (χ0) is 16.4. The van der Waals surface area contributed by atoms with Crippen molar-refractivity contribution >= 4 is 60.7 Å². The first-order valence-electron chi connectivity index (χ1n) is 6.01. The number of hydrogen-bond donors (Lipinski definition) is 1. The van der Waals surface area contributed by atoms with Crippen LogP contribution in [-0.2, 0) is 6.54 Å². The Bertz CT molecular complexity index is 740. The molecule has 0 radical (unpaired) electrons. The van der Waals surface area contributed by atoms with Crippen LogP contribution in [0.1, 0.15) is 17.4 Å². The minimum absolute atomic E-state index is 0.0840. The average molecular weight is 452 g/mol. The number of halogens is 3. The topological polar surface area (TPSA) is 90.1 Å². The number of rotatable bonds is 4. The number of nitrogens with zero attached hydrogens (tertiary/aromatic N) is 3. The number of non-ortho nitro benzene ring substituents is 1. The highest BCUT2D eigenvalue weighted by molar-refractivity contribution is 9.11. The van der Waals surface area contributed by atoms with Gasteiger partial charge in [0.25, 0.3) is 11.6 Å². The molecule has 0 saturated heterocycles. The molecule has 1 amide bonds. The Kier molecular flexibility index (Phi) is 5.20. The first kappa shape index (κ1) is 16.9. The lowest BCUT2D eigenvalue weighted by Crippen LogP contribution is -2.14. The molecular weight excluding hydrogens is 443 g/mol. The van der Waals surface area contributed by atoms with Crippen molar-refractivity contribution in [3.05, 3.63) is 48.1 Å². The number of anilines is 1. The van der Waals surface area contributed by atoms with E-state index in [-0.39, 0.29) is 16.4 Å². The van der Waals surface area contributed by atoms with Crippen LogP contribution in [0.5, 0.6) is 0 Å². The van der Waals surface area contributed by atoms with Crippen LogP contribution in [0.3, 0.4) is 0 Å². The number of nitro benzene ring substituents is 1. The van der Waals surface area contributed by atoms with Gasteiger partial charge < -0.3 is 5.32 Å². The molecule has 1 N–H and O–H groups in total. The summed E-state index contributed by atoms with van der Waals surface area (Å²) in [5.41, 5.74) is 0.337. The van der Waals surface area contributed by atoms with Crippen LogP contribution in [0, 0.1) is 10.1 Å². The molecule has 1 aromatic carbocycles. The largest absolute Gasteiger partial charge is 0.319 e. The summed E-state index contributed by atoms with van der Waals surface area (Å²) in [7, 11) is 0. The van der Waals surface area contributed by atoms with E-state index in [0.29, 0.717) is 21.2 Å². The second kappa shape index (κ2) is 6.76. The number of hydrogen-bond acceptors (Lipinski definition) is 4. The fourth-order valence-corrected chi connectivity index (χ4v) is 3.27. The van der Waals surface area contributed by atoms with Crippen molar-refractivity contribution in [2.45, 2.75) is 13.5 Å². The van der Waals surface area contributed by atoms with Gasteiger partial charge in [0.1, 0.15) is 0 Å². The highest BCUT2D eigenvalue weighted by atomic mass is 79.9. The summed E-state index contributed by atoms with van der Waals surface area (Å²) >= 11 is 12.4. The minimum atomic E-state index is -0.527. The van der Waals surface area contributed by atoms with Gasteiger partial charge in [-0.1, -0.05) is 11.6 Å². The van der Waals surface area contributed by atoms with Crippen LogP contribution in [-0.4, -0.2) is 20.6 Å². The van der Waals surface area contributed by atoms with Gasteiger partial charge in [0.05, 0.1) is 15.6 Å². The predicted molar refractivity (Wildman–Crippen MR) is 89.4 cm³/mol. The molecule has 0 aliphatic rings. The molecule has 1 heterocycles. The Morgan fingerprint density at radius 2 is 2.05 bits per heavy atom. The number of nitrogens with one attached hydrogen (secondary N) is 1. The van der Waals surface area contributed by atoms with E-state index in [2.05, 4.69) is 42.3 Å². The molecular formula is C12H9Br2ClN4O3. The summed E-state index contributed by atoms with van der Waals surface area (Å²) < 4.78 is 2.28. The maximum Gasteiger partial charge on any atom is 0.277 e. The number of carbonyl (C=O) groups is 1. The molecule has 0 aliphatic carbocycles. The lowest BCUT2D eigenvalue weighted by Gasteiger charge is -2.08. The standard InChI is InChI=1S/C12H9Br2ClN4O3/c1-2-18-5-9(15)11(17-18)12(20)16-10-7(13)3-6(19(21)22)4-8(10)14/h3-5H,2H2,1H3,(H,16,20). The lowest BCUT2D eigenvalue weighted by atomic mass is 10.2. The molecule has 0 atom stereocenters. The summed E-state index contributed by atoms with van der Waals surface area (Å²) in [6.07, 6.45) is 1.55. The quantitative estimate of drug-likeness (QED) is 0.555. The third kappa shape index (κ3) is 3.47. The average Bonchev–Trinajstić information content (AvgIpc) is 2.83. The van der Waals surface area contributed by atoms with Crippen LogP contribution in [0.2, 0.25) is 5.02 Å². The maximum atomic E-state index is 12.2. The van der Waals surface area contributed by atoms with Crippen molar-refractivity contribution in [2.75, 3.05) is 5.32 Å².